The van der Waals surface area contributed by atoms with Gasteiger partial charge < -0.3 is 20.2 Å². The van der Waals surface area contributed by atoms with Crippen molar-refractivity contribution >= 4 is 18.3 Å². The van der Waals surface area contributed by atoms with E-state index in [1.807, 2.05) is 49.4 Å². The summed E-state index contributed by atoms with van der Waals surface area (Å²) < 4.78 is 5.94. The number of nitrogens with one attached hydrogen (secondary N) is 2. The highest BCUT2D eigenvalue weighted by Gasteiger charge is 2.26. The van der Waals surface area contributed by atoms with E-state index in [2.05, 4.69) is 15.6 Å². The molecule has 1 aromatic heterocycles. The summed E-state index contributed by atoms with van der Waals surface area (Å²) in [5.74, 6) is 0.880. The number of hydrogen-bond acceptors (Lipinski definition) is 5. The first-order valence-corrected chi connectivity index (χ1v) is 9.41. The molecule has 3 N–H and O–H groups in total. The topological polar surface area (TPSA) is 87.4 Å². The SMILES string of the molecule is Cc1ccc(-c2cnc(-c3ccccc3C(=O)NCC3CNCC3O)o2)cc1.Cl. The Morgan fingerprint density at radius 2 is 1.97 bits per heavy atom. The highest BCUT2D eigenvalue weighted by atomic mass is 35.5. The van der Waals surface area contributed by atoms with E-state index in [1.54, 1.807) is 12.3 Å². The first-order chi connectivity index (χ1) is 13.6. The molecule has 2 heterocycles. The first kappa shape index (κ1) is 21.0. The number of aromatic nitrogens is 1. The molecular formula is C22H24ClN3O3. The zero-order valence-electron chi connectivity index (χ0n) is 16.1. The molecule has 1 amide bonds. The summed E-state index contributed by atoms with van der Waals surface area (Å²) in [6.07, 6.45) is 1.24. The van der Waals surface area contributed by atoms with Crippen LogP contribution in [0, 0.1) is 12.8 Å². The van der Waals surface area contributed by atoms with E-state index in [9.17, 15) is 9.90 Å². The van der Waals surface area contributed by atoms with Gasteiger partial charge in [0.05, 0.1) is 17.9 Å². The van der Waals surface area contributed by atoms with Gasteiger partial charge in [0, 0.05) is 36.7 Å². The molecule has 2 unspecified atom stereocenters. The van der Waals surface area contributed by atoms with E-state index in [-0.39, 0.29) is 24.2 Å². The maximum Gasteiger partial charge on any atom is 0.252 e. The number of carbonyl (C=O) groups excluding carboxylic acids is 1. The van der Waals surface area contributed by atoms with E-state index in [1.165, 1.54) is 5.56 Å². The van der Waals surface area contributed by atoms with Crippen LogP contribution in [0.2, 0.25) is 0 Å². The van der Waals surface area contributed by atoms with Crippen LogP contribution < -0.4 is 10.6 Å². The summed E-state index contributed by atoms with van der Waals surface area (Å²) in [6.45, 7) is 3.71. The summed E-state index contributed by atoms with van der Waals surface area (Å²) in [6, 6.07) is 15.3. The van der Waals surface area contributed by atoms with Gasteiger partial charge in [-0.15, -0.1) is 12.4 Å². The molecule has 1 saturated heterocycles. The van der Waals surface area contributed by atoms with Gasteiger partial charge in [0.2, 0.25) is 5.89 Å². The second-order valence-corrected chi connectivity index (χ2v) is 7.14. The van der Waals surface area contributed by atoms with Gasteiger partial charge in [-0.3, -0.25) is 4.79 Å². The Morgan fingerprint density at radius 3 is 2.69 bits per heavy atom. The Hall–Kier alpha value is -2.67. The molecule has 2 atom stereocenters. The molecule has 0 bridgehead atoms. The fraction of sp³-hybridized carbons (Fsp3) is 0.273. The highest BCUT2D eigenvalue weighted by Crippen LogP contribution is 2.28. The van der Waals surface area contributed by atoms with E-state index in [0.717, 1.165) is 5.56 Å². The van der Waals surface area contributed by atoms with Crippen molar-refractivity contribution in [1.29, 1.82) is 0 Å². The van der Waals surface area contributed by atoms with Crippen LogP contribution >= 0.6 is 12.4 Å². The van der Waals surface area contributed by atoms with Crippen LogP contribution in [0.3, 0.4) is 0 Å². The Morgan fingerprint density at radius 1 is 1.21 bits per heavy atom. The molecule has 7 heteroatoms. The third-order valence-electron chi connectivity index (χ3n) is 5.07. The summed E-state index contributed by atoms with van der Waals surface area (Å²) in [4.78, 5) is 17.1. The number of hydrogen-bond donors (Lipinski definition) is 3. The minimum Gasteiger partial charge on any atom is -0.436 e. The number of β-amino-alcohol motifs (C(OH)–C–C–N with tert-alkyl or cyclic N) is 1. The molecule has 0 radical (unpaired) electrons. The number of oxazole rings is 1. The number of carbonyl (C=O) groups is 1. The van der Waals surface area contributed by atoms with Crippen molar-refractivity contribution in [3.8, 4) is 22.8 Å². The smallest absolute Gasteiger partial charge is 0.252 e. The average molecular weight is 414 g/mol. The van der Waals surface area contributed by atoms with Crippen LogP contribution in [-0.4, -0.2) is 41.7 Å². The van der Waals surface area contributed by atoms with Crippen LogP contribution in [0.1, 0.15) is 15.9 Å². The molecule has 1 aliphatic rings. The predicted molar refractivity (Wildman–Crippen MR) is 114 cm³/mol. The number of benzene rings is 2. The lowest BCUT2D eigenvalue weighted by atomic mass is 10.0. The minimum atomic E-state index is -0.431. The van der Waals surface area contributed by atoms with Gasteiger partial charge in [-0.1, -0.05) is 42.0 Å². The van der Waals surface area contributed by atoms with Gasteiger partial charge in [0.25, 0.3) is 5.91 Å². The van der Waals surface area contributed by atoms with Crippen molar-refractivity contribution in [3.05, 3.63) is 65.9 Å². The highest BCUT2D eigenvalue weighted by molar-refractivity contribution is 6.00. The molecule has 4 rings (SSSR count). The third kappa shape index (κ3) is 4.67. The van der Waals surface area contributed by atoms with Crippen molar-refractivity contribution in [2.75, 3.05) is 19.6 Å². The van der Waals surface area contributed by atoms with Crippen LogP contribution in [0.15, 0.2) is 59.1 Å². The average Bonchev–Trinajstić information content (AvgIpc) is 3.36. The molecule has 0 saturated carbocycles. The maximum atomic E-state index is 12.7. The minimum absolute atomic E-state index is 0. The zero-order chi connectivity index (χ0) is 19.5. The standard InChI is InChI=1S/C22H23N3O3.ClH/c1-14-6-8-15(9-7-14)20-13-25-22(28-20)18-5-3-2-4-17(18)21(27)24-11-16-10-23-12-19(16)26;/h2-9,13,16,19,23,26H,10-12H2,1H3,(H,24,27);1H. The number of halogens is 1. The Balaban J connectivity index is 0.00000240. The Labute approximate surface area is 175 Å². The summed E-state index contributed by atoms with van der Waals surface area (Å²) in [5, 5.41) is 15.9. The van der Waals surface area contributed by atoms with Crippen molar-refractivity contribution in [1.82, 2.24) is 15.6 Å². The third-order valence-corrected chi connectivity index (χ3v) is 5.07. The predicted octanol–water partition coefficient (Wildman–Crippen LogP) is 3.05. The zero-order valence-corrected chi connectivity index (χ0v) is 16.9. The monoisotopic (exact) mass is 413 g/mol. The fourth-order valence-electron chi connectivity index (χ4n) is 3.36. The van der Waals surface area contributed by atoms with Crippen molar-refractivity contribution in [2.24, 2.45) is 5.92 Å². The molecule has 3 aromatic rings. The lowest BCUT2D eigenvalue weighted by molar-refractivity contribution is 0.0927. The number of rotatable bonds is 5. The number of nitrogens with zero attached hydrogens (tertiary/aromatic N) is 1. The number of aryl methyl sites for hydroxylation is 1. The maximum absolute atomic E-state index is 12.7. The van der Waals surface area contributed by atoms with Crippen molar-refractivity contribution < 1.29 is 14.3 Å². The van der Waals surface area contributed by atoms with Gasteiger partial charge in [0.1, 0.15) is 0 Å². The number of aliphatic hydroxyl groups is 1. The quantitative estimate of drug-likeness (QED) is 0.598. The summed E-state index contributed by atoms with van der Waals surface area (Å²) in [5.41, 5.74) is 3.26. The molecule has 1 fully saturated rings. The van der Waals surface area contributed by atoms with Crippen molar-refractivity contribution in [2.45, 2.75) is 13.0 Å². The van der Waals surface area contributed by atoms with Gasteiger partial charge >= 0.3 is 0 Å². The van der Waals surface area contributed by atoms with Crippen LogP contribution in [0.5, 0.6) is 0 Å². The van der Waals surface area contributed by atoms with Crippen molar-refractivity contribution in [3.63, 3.8) is 0 Å². The van der Waals surface area contributed by atoms with Crippen LogP contribution in [-0.2, 0) is 0 Å². The Kier molecular flexibility index (Phi) is 6.69. The molecule has 29 heavy (non-hydrogen) atoms. The van der Waals surface area contributed by atoms with E-state index in [0.29, 0.717) is 42.4 Å². The molecular weight excluding hydrogens is 390 g/mol. The van der Waals surface area contributed by atoms with E-state index in [4.69, 9.17) is 4.42 Å². The number of aliphatic hydroxyl groups excluding tert-OH is 1. The van der Waals surface area contributed by atoms with Crippen LogP contribution in [0.4, 0.5) is 0 Å². The molecule has 2 aromatic carbocycles. The first-order valence-electron chi connectivity index (χ1n) is 9.41. The summed E-state index contributed by atoms with van der Waals surface area (Å²) in [7, 11) is 0. The fourth-order valence-corrected chi connectivity index (χ4v) is 3.36. The largest absolute Gasteiger partial charge is 0.436 e. The van der Waals surface area contributed by atoms with Gasteiger partial charge in [-0.25, -0.2) is 4.98 Å². The van der Waals surface area contributed by atoms with Crippen LogP contribution in [0.25, 0.3) is 22.8 Å². The normalized spacial score (nSPS) is 18.3. The van der Waals surface area contributed by atoms with E-state index < -0.39 is 6.10 Å². The summed E-state index contributed by atoms with van der Waals surface area (Å²) >= 11 is 0. The molecule has 0 aliphatic carbocycles. The second-order valence-electron chi connectivity index (χ2n) is 7.14. The van der Waals surface area contributed by atoms with E-state index >= 15 is 0 Å². The lowest BCUT2D eigenvalue weighted by Gasteiger charge is -2.14. The number of amides is 1. The molecule has 0 spiro atoms. The molecule has 1 aliphatic heterocycles. The molecule has 152 valence electrons. The second kappa shape index (κ2) is 9.22. The Bertz CT molecular complexity index is 971. The molecule has 6 nitrogen and oxygen atoms in total. The van der Waals surface area contributed by atoms with Gasteiger partial charge in [0.15, 0.2) is 5.76 Å². The lowest BCUT2D eigenvalue weighted by Crippen LogP contribution is -2.34. The van der Waals surface area contributed by atoms with Gasteiger partial charge in [-0.2, -0.15) is 0 Å². The van der Waals surface area contributed by atoms with Gasteiger partial charge in [-0.05, 0) is 19.1 Å².